The Labute approximate surface area is 102 Å². The van der Waals surface area contributed by atoms with Crippen LogP contribution in [0.3, 0.4) is 0 Å². The van der Waals surface area contributed by atoms with Crippen LogP contribution in [0.25, 0.3) is 0 Å². The summed E-state index contributed by atoms with van der Waals surface area (Å²) in [6.45, 7) is 9.15. The molecule has 0 atom stereocenters. The van der Waals surface area contributed by atoms with Gasteiger partial charge in [0.15, 0.2) is 5.78 Å². The van der Waals surface area contributed by atoms with Gasteiger partial charge in [0.25, 0.3) is 0 Å². The van der Waals surface area contributed by atoms with E-state index in [0.717, 1.165) is 11.1 Å². The molecular weight excluding hydrogens is 224 g/mol. The predicted molar refractivity (Wildman–Crippen MR) is 66.7 cm³/mol. The zero-order chi connectivity index (χ0) is 12.5. The predicted octanol–water partition coefficient (Wildman–Crippen LogP) is 3.95. The fourth-order valence-corrected chi connectivity index (χ4v) is 1.86. The molecule has 0 amide bonds. The SMILES string of the molecule is CC(=O)c1c(OC(C)C)cc(C)c(Cl)c1C. The first-order valence-electron chi connectivity index (χ1n) is 5.31. The lowest BCUT2D eigenvalue weighted by Gasteiger charge is -2.17. The van der Waals surface area contributed by atoms with E-state index in [2.05, 4.69) is 0 Å². The molecule has 1 aromatic rings. The van der Waals surface area contributed by atoms with E-state index in [4.69, 9.17) is 16.3 Å². The van der Waals surface area contributed by atoms with Gasteiger partial charge in [-0.3, -0.25) is 4.79 Å². The van der Waals surface area contributed by atoms with Gasteiger partial charge in [-0.1, -0.05) is 11.6 Å². The number of Topliss-reactive ketones (excluding diaryl/α,β-unsaturated/α-hetero) is 1. The monoisotopic (exact) mass is 240 g/mol. The molecule has 0 radical (unpaired) electrons. The Bertz CT molecular complexity index is 422. The summed E-state index contributed by atoms with van der Waals surface area (Å²) in [6, 6.07) is 1.83. The Morgan fingerprint density at radius 1 is 1.38 bits per heavy atom. The Morgan fingerprint density at radius 3 is 2.38 bits per heavy atom. The van der Waals surface area contributed by atoms with Crippen molar-refractivity contribution >= 4 is 17.4 Å². The van der Waals surface area contributed by atoms with Crippen molar-refractivity contribution in [1.82, 2.24) is 0 Å². The third-order valence-electron chi connectivity index (χ3n) is 2.36. The highest BCUT2D eigenvalue weighted by molar-refractivity contribution is 6.32. The summed E-state index contributed by atoms with van der Waals surface area (Å²) in [5.41, 5.74) is 2.31. The number of ketones is 1. The normalized spacial score (nSPS) is 10.7. The van der Waals surface area contributed by atoms with Gasteiger partial charge in [0.1, 0.15) is 5.75 Å². The third-order valence-corrected chi connectivity index (χ3v) is 2.94. The molecule has 2 nitrogen and oxygen atoms in total. The highest BCUT2D eigenvalue weighted by atomic mass is 35.5. The standard InChI is InChI=1S/C13H17ClO2/c1-7(2)16-11-6-8(3)13(14)9(4)12(11)10(5)15/h6-7H,1-5H3. The lowest BCUT2D eigenvalue weighted by atomic mass is 10.0. The van der Waals surface area contributed by atoms with Crippen molar-refractivity contribution in [2.45, 2.75) is 40.7 Å². The third kappa shape index (κ3) is 2.56. The number of hydrogen-bond donors (Lipinski definition) is 0. The van der Waals surface area contributed by atoms with Crippen molar-refractivity contribution in [3.05, 3.63) is 27.8 Å². The fourth-order valence-electron chi connectivity index (χ4n) is 1.71. The van der Waals surface area contributed by atoms with Crippen LogP contribution in [0.2, 0.25) is 5.02 Å². The van der Waals surface area contributed by atoms with Crippen molar-refractivity contribution in [1.29, 1.82) is 0 Å². The number of carbonyl (C=O) groups is 1. The fraction of sp³-hybridized carbons (Fsp3) is 0.462. The smallest absolute Gasteiger partial charge is 0.163 e. The van der Waals surface area contributed by atoms with Gasteiger partial charge in [-0.25, -0.2) is 0 Å². The van der Waals surface area contributed by atoms with Crippen LogP contribution in [-0.4, -0.2) is 11.9 Å². The molecule has 1 aromatic carbocycles. The Kier molecular flexibility index (Phi) is 3.98. The Hall–Kier alpha value is -1.02. The highest BCUT2D eigenvalue weighted by Crippen LogP contribution is 2.32. The van der Waals surface area contributed by atoms with E-state index in [1.165, 1.54) is 6.92 Å². The number of halogens is 1. The van der Waals surface area contributed by atoms with Crippen LogP contribution in [-0.2, 0) is 0 Å². The second kappa shape index (κ2) is 4.88. The molecule has 0 aromatic heterocycles. The lowest BCUT2D eigenvalue weighted by Crippen LogP contribution is -2.11. The van der Waals surface area contributed by atoms with Crippen LogP contribution in [0.15, 0.2) is 6.07 Å². The number of benzene rings is 1. The molecule has 0 aliphatic rings. The molecule has 0 spiro atoms. The maximum atomic E-state index is 11.6. The summed E-state index contributed by atoms with van der Waals surface area (Å²) in [7, 11) is 0. The first-order valence-corrected chi connectivity index (χ1v) is 5.69. The second-order valence-corrected chi connectivity index (χ2v) is 4.61. The summed E-state index contributed by atoms with van der Waals surface area (Å²) in [5.74, 6) is 0.608. The largest absolute Gasteiger partial charge is 0.490 e. The van der Waals surface area contributed by atoms with Gasteiger partial charge in [-0.15, -0.1) is 0 Å². The van der Waals surface area contributed by atoms with Crippen molar-refractivity contribution in [2.24, 2.45) is 0 Å². The van der Waals surface area contributed by atoms with E-state index in [0.29, 0.717) is 16.3 Å². The number of rotatable bonds is 3. The summed E-state index contributed by atoms with van der Waals surface area (Å²) in [5, 5.41) is 0.640. The average molecular weight is 241 g/mol. The number of carbonyl (C=O) groups excluding carboxylic acids is 1. The second-order valence-electron chi connectivity index (χ2n) is 4.23. The lowest BCUT2D eigenvalue weighted by molar-refractivity contribution is 0.101. The minimum Gasteiger partial charge on any atom is -0.490 e. The zero-order valence-electron chi connectivity index (χ0n) is 10.3. The molecule has 0 saturated carbocycles. The minimum absolute atomic E-state index is 0.0185. The quantitative estimate of drug-likeness (QED) is 0.748. The summed E-state index contributed by atoms with van der Waals surface area (Å²) < 4.78 is 5.64. The van der Waals surface area contributed by atoms with Gasteiger partial charge in [-0.05, 0) is 51.8 Å². The van der Waals surface area contributed by atoms with Gasteiger partial charge in [0.05, 0.1) is 11.7 Å². The first kappa shape index (κ1) is 13.0. The molecule has 0 aliphatic carbocycles. The molecule has 1 rings (SSSR count). The molecule has 88 valence electrons. The van der Waals surface area contributed by atoms with E-state index < -0.39 is 0 Å². The first-order chi connectivity index (χ1) is 7.34. The molecule has 0 unspecified atom stereocenters. The van der Waals surface area contributed by atoms with Gasteiger partial charge in [-0.2, -0.15) is 0 Å². The highest BCUT2D eigenvalue weighted by Gasteiger charge is 2.17. The molecule has 0 aliphatic heterocycles. The summed E-state index contributed by atoms with van der Waals surface area (Å²) in [4.78, 5) is 11.6. The number of hydrogen-bond acceptors (Lipinski definition) is 2. The number of aryl methyl sites for hydroxylation is 1. The van der Waals surface area contributed by atoms with Crippen LogP contribution >= 0.6 is 11.6 Å². The topological polar surface area (TPSA) is 26.3 Å². The van der Waals surface area contributed by atoms with Crippen molar-refractivity contribution in [2.75, 3.05) is 0 Å². The minimum atomic E-state index is -0.0185. The van der Waals surface area contributed by atoms with Crippen molar-refractivity contribution < 1.29 is 9.53 Å². The van der Waals surface area contributed by atoms with E-state index in [9.17, 15) is 4.79 Å². The molecule has 0 bridgehead atoms. The van der Waals surface area contributed by atoms with Gasteiger partial charge >= 0.3 is 0 Å². The van der Waals surface area contributed by atoms with Gasteiger partial charge in [0, 0.05) is 5.02 Å². The Morgan fingerprint density at radius 2 is 1.94 bits per heavy atom. The molecular formula is C13H17ClO2. The maximum Gasteiger partial charge on any atom is 0.163 e. The molecule has 16 heavy (non-hydrogen) atoms. The average Bonchev–Trinajstić information content (AvgIpc) is 2.12. The summed E-state index contributed by atoms with van der Waals surface area (Å²) in [6.07, 6.45) is 0.0399. The van der Waals surface area contributed by atoms with Crippen LogP contribution < -0.4 is 4.74 Å². The molecule has 0 N–H and O–H groups in total. The molecule has 3 heteroatoms. The van der Waals surface area contributed by atoms with Crippen LogP contribution in [0, 0.1) is 13.8 Å². The van der Waals surface area contributed by atoms with Crippen LogP contribution in [0.4, 0.5) is 0 Å². The molecule has 0 saturated heterocycles. The van der Waals surface area contributed by atoms with Gasteiger partial charge < -0.3 is 4.74 Å². The molecule has 0 fully saturated rings. The van der Waals surface area contributed by atoms with Crippen molar-refractivity contribution in [3.8, 4) is 5.75 Å². The number of ether oxygens (including phenoxy) is 1. The van der Waals surface area contributed by atoms with E-state index in [1.807, 2.05) is 33.8 Å². The Balaban J connectivity index is 3.41. The van der Waals surface area contributed by atoms with Crippen LogP contribution in [0.5, 0.6) is 5.75 Å². The van der Waals surface area contributed by atoms with E-state index >= 15 is 0 Å². The zero-order valence-corrected chi connectivity index (χ0v) is 11.1. The summed E-state index contributed by atoms with van der Waals surface area (Å²) >= 11 is 6.13. The van der Waals surface area contributed by atoms with Gasteiger partial charge in [0.2, 0.25) is 0 Å². The van der Waals surface area contributed by atoms with Crippen molar-refractivity contribution in [3.63, 3.8) is 0 Å². The van der Waals surface area contributed by atoms with E-state index in [-0.39, 0.29) is 11.9 Å². The molecule has 0 heterocycles. The van der Waals surface area contributed by atoms with E-state index in [1.54, 1.807) is 0 Å². The maximum absolute atomic E-state index is 11.6. The van der Waals surface area contributed by atoms with Crippen LogP contribution in [0.1, 0.15) is 42.3 Å².